The summed E-state index contributed by atoms with van der Waals surface area (Å²) in [6, 6.07) is 0. The van der Waals surface area contributed by atoms with Crippen molar-refractivity contribution in [3.63, 3.8) is 0 Å². The molecule has 0 radical (unpaired) electrons. The van der Waals surface area contributed by atoms with Crippen LogP contribution in [0.5, 0.6) is 0 Å². The van der Waals surface area contributed by atoms with Crippen LogP contribution in [0.2, 0.25) is 0 Å². The second-order valence-corrected chi connectivity index (χ2v) is 4.87. The predicted molar refractivity (Wildman–Crippen MR) is 49.2 cm³/mol. The maximum atomic E-state index is 5.92. The Bertz CT molecular complexity index is 257. The maximum Gasteiger partial charge on any atom is 0.163 e. The summed E-state index contributed by atoms with van der Waals surface area (Å²) in [5, 5.41) is 0. The fourth-order valence-electron chi connectivity index (χ4n) is 3.04. The molecule has 4 atom stereocenters. The molecule has 0 spiro atoms. The van der Waals surface area contributed by atoms with Crippen molar-refractivity contribution < 1.29 is 9.47 Å². The van der Waals surface area contributed by atoms with Crippen molar-refractivity contribution in [3.8, 4) is 0 Å². The van der Waals surface area contributed by atoms with E-state index in [4.69, 9.17) is 9.47 Å². The first-order valence-corrected chi connectivity index (χ1v) is 5.18. The van der Waals surface area contributed by atoms with Gasteiger partial charge in [0.05, 0.1) is 12.2 Å². The van der Waals surface area contributed by atoms with Gasteiger partial charge < -0.3 is 9.47 Å². The lowest BCUT2D eigenvalue weighted by Gasteiger charge is -2.22. The number of allylic oxidation sites excluding steroid dienone is 2. The van der Waals surface area contributed by atoms with Crippen LogP contribution in [-0.4, -0.2) is 18.0 Å². The minimum atomic E-state index is -0.344. The molecule has 1 saturated carbocycles. The Kier molecular flexibility index (Phi) is 1.46. The quantitative estimate of drug-likeness (QED) is 0.531. The molecule has 0 aromatic heterocycles. The molecule has 0 aromatic carbocycles. The summed E-state index contributed by atoms with van der Waals surface area (Å²) < 4.78 is 11.8. The van der Waals surface area contributed by atoms with E-state index >= 15 is 0 Å². The van der Waals surface area contributed by atoms with Gasteiger partial charge in [-0.15, -0.1) is 0 Å². The van der Waals surface area contributed by atoms with Crippen molar-refractivity contribution in [2.24, 2.45) is 11.8 Å². The molecule has 1 saturated heterocycles. The molecule has 1 aliphatic heterocycles. The summed E-state index contributed by atoms with van der Waals surface area (Å²) in [4.78, 5) is 0. The van der Waals surface area contributed by atoms with Gasteiger partial charge in [0.2, 0.25) is 0 Å². The molecule has 72 valence electrons. The average Bonchev–Trinajstić information content (AvgIpc) is 2.58. The summed E-state index contributed by atoms with van der Waals surface area (Å²) in [5.74, 6) is 1.08. The smallest absolute Gasteiger partial charge is 0.163 e. The van der Waals surface area contributed by atoms with Gasteiger partial charge in [-0.2, -0.15) is 0 Å². The molecule has 3 rings (SSSR count). The van der Waals surface area contributed by atoms with E-state index in [1.165, 1.54) is 6.42 Å². The van der Waals surface area contributed by atoms with Crippen LogP contribution in [0, 0.1) is 11.8 Å². The van der Waals surface area contributed by atoms with Crippen LogP contribution in [0.4, 0.5) is 0 Å². The van der Waals surface area contributed by atoms with Crippen molar-refractivity contribution >= 4 is 0 Å². The third-order valence-corrected chi connectivity index (χ3v) is 3.49. The zero-order chi connectivity index (χ0) is 9.05. The van der Waals surface area contributed by atoms with Crippen molar-refractivity contribution in [1.29, 1.82) is 0 Å². The number of rotatable bonds is 0. The van der Waals surface area contributed by atoms with Gasteiger partial charge in [-0.05, 0) is 38.5 Å². The van der Waals surface area contributed by atoms with Crippen molar-refractivity contribution in [1.82, 2.24) is 0 Å². The Labute approximate surface area is 78.9 Å². The highest BCUT2D eigenvalue weighted by molar-refractivity contribution is 5.11. The third-order valence-electron chi connectivity index (χ3n) is 3.49. The monoisotopic (exact) mass is 180 g/mol. The van der Waals surface area contributed by atoms with Gasteiger partial charge in [0, 0.05) is 0 Å². The number of fused-ring (bicyclic) bond motifs is 3. The molecule has 2 aliphatic carbocycles. The van der Waals surface area contributed by atoms with Crippen LogP contribution in [0.1, 0.15) is 26.7 Å². The van der Waals surface area contributed by atoms with E-state index in [9.17, 15) is 0 Å². The van der Waals surface area contributed by atoms with Crippen LogP contribution in [-0.2, 0) is 9.47 Å². The first-order chi connectivity index (χ1) is 6.16. The molecule has 0 N–H and O–H groups in total. The summed E-state index contributed by atoms with van der Waals surface area (Å²) in [5.41, 5.74) is 0. The van der Waals surface area contributed by atoms with Crippen LogP contribution in [0.3, 0.4) is 0 Å². The van der Waals surface area contributed by atoms with Crippen molar-refractivity contribution in [3.05, 3.63) is 12.2 Å². The summed E-state index contributed by atoms with van der Waals surface area (Å²) in [6.07, 6.45) is 7.69. The van der Waals surface area contributed by atoms with Gasteiger partial charge in [0.15, 0.2) is 5.79 Å². The highest BCUT2D eigenvalue weighted by Crippen LogP contribution is 2.48. The van der Waals surface area contributed by atoms with E-state index in [-0.39, 0.29) is 5.79 Å². The molecule has 0 aromatic rings. The van der Waals surface area contributed by atoms with Gasteiger partial charge in [0.25, 0.3) is 0 Å². The molecule has 0 unspecified atom stereocenters. The third kappa shape index (κ3) is 1.09. The Morgan fingerprint density at radius 1 is 1.31 bits per heavy atom. The number of ether oxygens (including phenoxy) is 2. The molecule has 13 heavy (non-hydrogen) atoms. The number of hydrogen-bond donors (Lipinski definition) is 0. The molecule has 2 heteroatoms. The normalized spacial score (nSPS) is 50.9. The molecular formula is C11H16O2. The largest absolute Gasteiger partial charge is 0.345 e. The van der Waals surface area contributed by atoms with Crippen LogP contribution >= 0.6 is 0 Å². The summed E-state index contributed by atoms with van der Waals surface area (Å²) in [6.45, 7) is 4.03. The SMILES string of the molecule is CC1(C)O[C@H]2[C@@H]3CC=C[C@@H]3C[C@H]2O1. The minimum Gasteiger partial charge on any atom is -0.345 e. The fourth-order valence-corrected chi connectivity index (χ4v) is 3.04. The van der Waals surface area contributed by atoms with Crippen molar-refractivity contribution in [2.45, 2.75) is 44.7 Å². The maximum absolute atomic E-state index is 5.92. The Morgan fingerprint density at radius 2 is 2.15 bits per heavy atom. The van der Waals surface area contributed by atoms with Gasteiger partial charge in [-0.25, -0.2) is 0 Å². The van der Waals surface area contributed by atoms with Crippen molar-refractivity contribution in [2.75, 3.05) is 0 Å². The molecule has 0 bridgehead atoms. The molecule has 1 heterocycles. The highest BCUT2D eigenvalue weighted by atomic mass is 16.8. The standard InChI is InChI=1S/C11H16O2/c1-11(2)12-9-6-7-4-3-5-8(7)10(9)13-11/h3-4,7-10H,5-6H2,1-2H3/t7-,8-,9-,10+/m1/s1. The Balaban J connectivity index is 1.83. The average molecular weight is 180 g/mol. The van der Waals surface area contributed by atoms with Gasteiger partial charge >= 0.3 is 0 Å². The van der Waals surface area contributed by atoms with Crippen LogP contribution in [0.25, 0.3) is 0 Å². The minimum absolute atomic E-state index is 0.344. The Morgan fingerprint density at radius 3 is 3.00 bits per heavy atom. The van der Waals surface area contributed by atoms with Gasteiger partial charge in [0.1, 0.15) is 0 Å². The van der Waals surface area contributed by atoms with E-state index in [0.29, 0.717) is 18.1 Å². The summed E-state index contributed by atoms with van der Waals surface area (Å²) in [7, 11) is 0. The topological polar surface area (TPSA) is 18.5 Å². The highest BCUT2D eigenvalue weighted by Gasteiger charge is 2.52. The van der Waals surface area contributed by atoms with Crippen LogP contribution < -0.4 is 0 Å². The van der Waals surface area contributed by atoms with Crippen LogP contribution in [0.15, 0.2) is 12.2 Å². The Hall–Kier alpha value is -0.340. The molecular weight excluding hydrogens is 164 g/mol. The first-order valence-electron chi connectivity index (χ1n) is 5.18. The lowest BCUT2D eigenvalue weighted by atomic mass is 9.98. The zero-order valence-electron chi connectivity index (χ0n) is 8.19. The zero-order valence-corrected chi connectivity index (χ0v) is 8.19. The molecule has 3 aliphatic rings. The molecule has 2 fully saturated rings. The molecule has 2 nitrogen and oxygen atoms in total. The second kappa shape index (κ2) is 2.37. The number of hydrogen-bond acceptors (Lipinski definition) is 2. The van der Waals surface area contributed by atoms with E-state index < -0.39 is 0 Å². The predicted octanol–water partition coefficient (Wildman–Crippen LogP) is 2.10. The lowest BCUT2D eigenvalue weighted by Crippen LogP contribution is -2.26. The lowest BCUT2D eigenvalue weighted by molar-refractivity contribution is -0.158. The van der Waals surface area contributed by atoms with Gasteiger partial charge in [-0.3, -0.25) is 0 Å². The first kappa shape index (κ1) is 8.01. The van der Waals surface area contributed by atoms with E-state index in [0.717, 1.165) is 12.3 Å². The van der Waals surface area contributed by atoms with Gasteiger partial charge in [-0.1, -0.05) is 12.2 Å². The van der Waals surface area contributed by atoms with E-state index in [1.54, 1.807) is 0 Å². The molecule has 0 amide bonds. The fraction of sp³-hybridized carbons (Fsp3) is 0.818. The van der Waals surface area contributed by atoms with E-state index in [2.05, 4.69) is 12.2 Å². The second-order valence-electron chi connectivity index (χ2n) is 4.87. The summed E-state index contributed by atoms with van der Waals surface area (Å²) >= 11 is 0. The van der Waals surface area contributed by atoms with E-state index in [1.807, 2.05) is 13.8 Å².